The summed E-state index contributed by atoms with van der Waals surface area (Å²) in [6.45, 7) is 9.24. The van der Waals surface area contributed by atoms with Crippen LogP contribution in [0, 0.1) is 5.41 Å². The molecule has 3 N–H and O–H groups in total. The van der Waals surface area contributed by atoms with Gasteiger partial charge in [-0.15, -0.1) is 8.58 Å². The Balaban J connectivity index is 4.07. The molecule has 13 heavy (non-hydrogen) atoms. The van der Waals surface area contributed by atoms with Crippen LogP contribution in [0.25, 0.3) is 0 Å². The van der Waals surface area contributed by atoms with E-state index in [4.69, 9.17) is 10.8 Å². The van der Waals surface area contributed by atoms with Gasteiger partial charge in [0.05, 0.1) is 0 Å². The van der Waals surface area contributed by atoms with Crippen molar-refractivity contribution in [1.82, 2.24) is 0 Å². The van der Waals surface area contributed by atoms with Crippen molar-refractivity contribution < 1.29 is 5.11 Å². The Hall–Kier alpha value is 0.350. The Kier molecular flexibility index (Phi) is 5.43. The molecule has 0 saturated heterocycles. The van der Waals surface area contributed by atoms with Gasteiger partial charge < -0.3 is 10.8 Å². The van der Waals surface area contributed by atoms with Gasteiger partial charge in [-0.05, 0) is 23.4 Å². The number of aliphatic hydroxyl groups is 1. The van der Waals surface area contributed by atoms with Crippen LogP contribution >= 0.6 is 8.58 Å². The third-order valence-electron chi connectivity index (χ3n) is 2.29. The molecule has 0 heterocycles. The Morgan fingerprint density at radius 3 is 2.15 bits per heavy atom. The van der Waals surface area contributed by atoms with Crippen molar-refractivity contribution in [1.29, 1.82) is 0 Å². The van der Waals surface area contributed by atoms with Gasteiger partial charge in [-0.3, -0.25) is 0 Å². The molecule has 2 nitrogen and oxygen atoms in total. The van der Waals surface area contributed by atoms with Gasteiger partial charge in [0.1, 0.15) is 0 Å². The molecule has 0 bridgehead atoms. The Bertz CT molecular complexity index is 130. The number of aliphatic hydroxyl groups excluding tert-OH is 1. The summed E-state index contributed by atoms with van der Waals surface area (Å²) < 4.78 is 0. The third-order valence-corrected chi connectivity index (χ3v) is 3.63. The molecule has 0 saturated carbocycles. The fraction of sp³-hybridized carbons (Fsp3) is 1.00. The largest absolute Gasteiger partial charge is 0.396 e. The van der Waals surface area contributed by atoms with Crippen molar-refractivity contribution in [3.63, 3.8) is 0 Å². The zero-order valence-electron chi connectivity index (χ0n) is 9.35. The van der Waals surface area contributed by atoms with Crippen LogP contribution in [0.15, 0.2) is 0 Å². The number of rotatable bonds is 6. The minimum absolute atomic E-state index is 0.237. The molecule has 0 fully saturated rings. The molecule has 3 heteroatoms. The summed E-state index contributed by atoms with van der Waals surface area (Å²) in [5.74, 6) is 0. The first kappa shape index (κ1) is 13.4. The van der Waals surface area contributed by atoms with Crippen molar-refractivity contribution in [3.8, 4) is 0 Å². The Morgan fingerprint density at radius 2 is 1.77 bits per heavy atom. The molecule has 0 aliphatic carbocycles. The number of hydrogen-bond acceptors (Lipinski definition) is 2. The summed E-state index contributed by atoms with van der Waals surface area (Å²) in [7, 11) is 0.816. The van der Waals surface area contributed by atoms with Crippen LogP contribution in [0.5, 0.6) is 0 Å². The lowest BCUT2D eigenvalue weighted by molar-refractivity contribution is 0.192. The van der Waals surface area contributed by atoms with Crippen molar-refractivity contribution in [2.24, 2.45) is 11.1 Å². The molecule has 80 valence electrons. The maximum atomic E-state index is 8.91. The van der Waals surface area contributed by atoms with E-state index in [-0.39, 0.29) is 12.0 Å². The van der Waals surface area contributed by atoms with Crippen molar-refractivity contribution in [2.75, 3.05) is 12.9 Å². The highest BCUT2D eigenvalue weighted by atomic mass is 31.1. The predicted molar refractivity (Wildman–Crippen MR) is 61.5 cm³/mol. The standard InChI is InChI=1S/C10H24NOP/c1-9(2,5-6-12)7-10(3,4)13-8-11/h12-13H,5-8,11H2,1-4H3. The first-order valence-corrected chi connectivity index (χ1v) is 6.10. The van der Waals surface area contributed by atoms with E-state index in [9.17, 15) is 0 Å². The summed E-state index contributed by atoms with van der Waals surface area (Å²) in [4.78, 5) is 0. The van der Waals surface area contributed by atoms with Crippen molar-refractivity contribution in [2.45, 2.75) is 45.7 Å². The highest BCUT2D eigenvalue weighted by Gasteiger charge is 2.27. The summed E-state index contributed by atoms with van der Waals surface area (Å²) in [6, 6.07) is 0. The molecule has 0 aliphatic heterocycles. The summed E-state index contributed by atoms with van der Waals surface area (Å²) >= 11 is 0. The molecule has 0 aliphatic rings. The number of hydrogen-bond donors (Lipinski definition) is 2. The lowest BCUT2D eigenvalue weighted by atomic mass is 9.81. The lowest BCUT2D eigenvalue weighted by Gasteiger charge is -2.34. The maximum absolute atomic E-state index is 8.91. The minimum Gasteiger partial charge on any atom is -0.396 e. The average Bonchev–Trinajstić information content (AvgIpc) is 1.82. The number of nitrogens with two attached hydrogens (primary N) is 1. The van der Waals surface area contributed by atoms with Gasteiger partial charge in [0, 0.05) is 12.9 Å². The van der Waals surface area contributed by atoms with Gasteiger partial charge in [0.15, 0.2) is 0 Å². The van der Waals surface area contributed by atoms with Crippen LogP contribution < -0.4 is 5.73 Å². The van der Waals surface area contributed by atoms with Crippen LogP contribution in [0.1, 0.15) is 40.5 Å². The van der Waals surface area contributed by atoms with Gasteiger partial charge in [0.25, 0.3) is 0 Å². The fourth-order valence-corrected chi connectivity index (χ4v) is 3.08. The second kappa shape index (κ2) is 5.29. The quantitative estimate of drug-likeness (QED) is 0.653. The zero-order chi connectivity index (χ0) is 10.5. The van der Waals surface area contributed by atoms with E-state index in [2.05, 4.69) is 27.7 Å². The molecule has 0 radical (unpaired) electrons. The lowest BCUT2D eigenvalue weighted by Crippen LogP contribution is -2.26. The summed E-state index contributed by atoms with van der Waals surface area (Å²) in [5.41, 5.74) is 5.81. The monoisotopic (exact) mass is 205 g/mol. The molecule has 1 atom stereocenters. The van der Waals surface area contributed by atoms with Gasteiger partial charge in [-0.2, -0.15) is 0 Å². The van der Waals surface area contributed by atoms with E-state index in [0.29, 0.717) is 5.16 Å². The average molecular weight is 205 g/mol. The molecule has 0 amide bonds. The first-order valence-electron chi connectivity index (χ1n) is 4.89. The van der Waals surface area contributed by atoms with Crippen LogP contribution in [0.4, 0.5) is 0 Å². The summed E-state index contributed by atoms with van der Waals surface area (Å²) in [5, 5.41) is 9.23. The highest BCUT2D eigenvalue weighted by Crippen LogP contribution is 2.41. The first-order chi connectivity index (χ1) is 5.83. The predicted octanol–water partition coefficient (Wildman–Crippen LogP) is 2.16. The van der Waals surface area contributed by atoms with Crippen molar-refractivity contribution in [3.05, 3.63) is 0 Å². The maximum Gasteiger partial charge on any atom is 0.0436 e. The second-order valence-electron chi connectivity index (χ2n) is 5.08. The van der Waals surface area contributed by atoms with E-state index in [1.165, 1.54) is 0 Å². The highest BCUT2D eigenvalue weighted by molar-refractivity contribution is 7.39. The molecular formula is C10H24NOP. The molecule has 0 aromatic carbocycles. The van der Waals surface area contributed by atoms with E-state index in [1.54, 1.807) is 0 Å². The van der Waals surface area contributed by atoms with Crippen LogP contribution in [-0.4, -0.2) is 23.2 Å². The van der Waals surface area contributed by atoms with Gasteiger partial charge in [-0.25, -0.2) is 0 Å². The molecule has 0 aromatic rings. The van der Waals surface area contributed by atoms with Crippen molar-refractivity contribution >= 4 is 8.58 Å². The van der Waals surface area contributed by atoms with E-state index < -0.39 is 0 Å². The van der Waals surface area contributed by atoms with Gasteiger partial charge in [0.2, 0.25) is 0 Å². The normalized spacial score (nSPS) is 14.3. The van der Waals surface area contributed by atoms with Gasteiger partial charge >= 0.3 is 0 Å². The Morgan fingerprint density at radius 1 is 1.23 bits per heavy atom. The summed E-state index contributed by atoms with van der Waals surface area (Å²) in [6.07, 6.45) is 2.80. The molecule has 1 unspecified atom stereocenters. The van der Waals surface area contributed by atoms with Gasteiger partial charge in [-0.1, -0.05) is 27.7 Å². The molecule has 0 spiro atoms. The topological polar surface area (TPSA) is 46.2 Å². The Labute approximate surface area is 84.1 Å². The third kappa shape index (κ3) is 6.42. The smallest absolute Gasteiger partial charge is 0.0436 e. The minimum atomic E-state index is 0.237. The van der Waals surface area contributed by atoms with E-state index in [0.717, 1.165) is 27.7 Å². The second-order valence-corrected chi connectivity index (χ2v) is 7.19. The van der Waals surface area contributed by atoms with Crippen LogP contribution in [0.3, 0.4) is 0 Å². The van der Waals surface area contributed by atoms with Crippen LogP contribution in [0.2, 0.25) is 0 Å². The molecular weight excluding hydrogens is 181 g/mol. The van der Waals surface area contributed by atoms with E-state index >= 15 is 0 Å². The SMILES string of the molecule is CC(C)(CCO)CC(C)(C)PCN. The fourth-order valence-electron chi connectivity index (χ4n) is 1.93. The van der Waals surface area contributed by atoms with E-state index in [1.807, 2.05) is 0 Å². The molecule has 0 aromatic heterocycles. The van der Waals surface area contributed by atoms with Crippen LogP contribution in [-0.2, 0) is 0 Å². The zero-order valence-corrected chi connectivity index (χ0v) is 10.4. The molecule has 0 rings (SSSR count).